The van der Waals surface area contributed by atoms with E-state index in [4.69, 9.17) is 10.00 Å². The summed E-state index contributed by atoms with van der Waals surface area (Å²) in [5.74, 6) is 0.773. The molecular weight excluding hydrogens is 264 g/mol. The minimum atomic E-state index is -2.93. The average molecular weight is 282 g/mol. The fraction of sp³-hybridized carbons (Fsp3) is 0.462. The van der Waals surface area contributed by atoms with Crippen LogP contribution in [0.5, 0.6) is 5.75 Å². The van der Waals surface area contributed by atoms with E-state index in [1.165, 1.54) is 6.26 Å². The van der Waals surface area contributed by atoms with E-state index in [1.807, 2.05) is 25.1 Å². The SMILES string of the molecule is CC(NCCS(C)(=O)=O)c1ccc(OCC#N)cc1. The van der Waals surface area contributed by atoms with Crippen LogP contribution in [0.1, 0.15) is 18.5 Å². The molecule has 1 unspecified atom stereocenters. The van der Waals surface area contributed by atoms with Gasteiger partial charge in [-0.05, 0) is 24.6 Å². The Morgan fingerprint density at radius 1 is 1.37 bits per heavy atom. The Balaban J connectivity index is 2.49. The highest BCUT2D eigenvalue weighted by atomic mass is 32.2. The van der Waals surface area contributed by atoms with E-state index in [0.717, 1.165) is 5.56 Å². The second-order valence-corrected chi connectivity index (χ2v) is 6.58. The number of hydrogen-bond acceptors (Lipinski definition) is 5. The summed E-state index contributed by atoms with van der Waals surface area (Å²) in [7, 11) is -2.93. The molecule has 0 bridgehead atoms. The molecule has 0 heterocycles. The Bertz CT molecular complexity index is 532. The van der Waals surface area contributed by atoms with Gasteiger partial charge in [0.1, 0.15) is 21.7 Å². The fourth-order valence-corrected chi connectivity index (χ4v) is 2.04. The largest absolute Gasteiger partial charge is 0.479 e. The van der Waals surface area contributed by atoms with Gasteiger partial charge in [0.25, 0.3) is 0 Å². The van der Waals surface area contributed by atoms with E-state index in [-0.39, 0.29) is 18.4 Å². The van der Waals surface area contributed by atoms with E-state index in [9.17, 15) is 8.42 Å². The Kier molecular flexibility index (Phi) is 5.80. The zero-order valence-electron chi connectivity index (χ0n) is 11.1. The monoisotopic (exact) mass is 282 g/mol. The molecule has 1 aromatic carbocycles. The first-order valence-electron chi connectivity index (χ1n) is 5.93. The number of nitrogens with one attached hydrogen (secondary N) is 1. The fourth-order valence-electron chi connectivity index (χ4n) is 1.55. The third kappa shape index (κ3) is 6.22. The summed E-state index contributed by atoms with van der Waals surface area (Å²) in [4.78, 5) is 0. The van der Waals surface area contributed by atoms with Gasteiger partial charge in [0.2, 0.25) is 0 Å². The lowest BCUT2D eigenvalue weighted by molar-refractivity contribution is 0.368. The number of ether oxygens (including phenoxy) is 1. The number of nitriles is 1. The molecular formula is C13H18N2O3S. The van der Waals surface area contributed by atoms with Gasteiger partial charge in [-0.3, -0.25) is 0 Å². The highest BCUT2D eigenvalue weighted by Gasteiger charge is 2.07. The van der Waals surface area contributed by atoms with Crippen LogP contribution in [0.4, 0.5) is 0 Å². The molecule has 1 rings (SSSR count). The highest BCUT2D eigenvalue weighted by Crippen LogP contribution is 2.17. The topological polar surface area (TPSA) is 79.2 Å². The lowest BCUT2D eigenvalue weighted by Gasteiger charge is -2.14. The van der Waals surface area contributed by atoms with Gasteiger partial charge in [-0.2, -0.15) is 5.26 Å². The molecule has 0 aliphatic rings. The van der Waals surface area contributed by atoms with Crippen molar-refractivity contribution in [2.75, 3.05) is 25.2 Å². The lowest BCUT2D eigenvalue weighted by atomic mass is 10.1. The van der Waals surface area contributed by atoms with E-state index in [0.29, 0.717) is 12.3 Å². The molecule has 0 saturated carbocycles. The molecule has 1 atom stereocenters. The van der Waals surface area contributed by atoms with Crippen LogP contribution < -0.4 is 10.1 Å². The van der Waals surface area contributed by atoms with Gasteiger partial charge in [0, 0.05) is 18.8 Å². The normalized spacial score (nSPS) is 12.7. The molecule has 6 heteroatoms. The summed E-state index contributed by atoms with van der Waals surface area (Å²) in [6, 6.07) is 9.34. The number of hydrogen-bond donors (Lipinski definition) is 1. The molecule has 0 aromatic heterocycles. The van der Waals surface area contributed by atoms with Crippen LogP contribution in [-0.4, -0.2) is 33.6 Å². The predicted molar refractivity (Wildman–Crippen MR) is 73.7 cm³/mol. The molecule has 5 nitrogen and oxygen atoms in total. The minimum absolute atomic E-state index is 0.0293. The van der Waals surface area contributed by atoms with Crippen molar-refractivity contribution in [3.05, 3.63) is 29.8 Å². The summed E-state index contributed by atoms with van der Waals surface area (Å²) >= 11 is 0. The van der Waals surface area contributed by atoms with E-state index in [1.54, 1.807) is 12.1 Å². The van der Waals surface area contributed by atoms with E-state index < -0.39 is 9.84 Å². The Hall–Kier alpha value is -1.58. The summed E-state index contributed by atoms with van der Waals surface area (Å²) in [5, 5.41) is 11.5. The third-order valence-corrected chi connectivity index (χ3v) is 3.55. The van der Waals surface area contributed by atoms with Crippen LogP contribution in [0, 0.1) is 11.3 Å². The number of rotatable bonds is 7. The number of nitrogens with zero attached hydrogens (tertiary/aromatic N) is 1. The van der Waals surface area contributed by atoms with Crippen molar-refractivity contribution in [1.29, 1.82) is 5.26 Å². The smallest absolute Gasteiger partial charge is 0.174 e. The molecule has 104 valence electrons. The molecule has 0 aliphatic carbocycles. The van der Waals surface area contributed by atoms with Crippen molar-refractivity contribution < 1.29 is 13.2 Å². The van der Waals surface area contributed by atoms with Crippen molar-refractivity contribution in [2.24, 2.45) is 0 Å². The number of sulfone groups is 1. The molecule has 0 saturated heterocycles. The predicted octanol–water partition coefficient (Wildman–Crippen LogP) is 1.28. The van der Waals surface area contributed by atoms with Crippen molar-refractivity contribution in [1.82, 2.24) is 5.32 Å². The molecule has 0 aliphatic heterocycles. The zero-order valence-corrected chi connectivity index (χ0v) is 11.9. The molecule has 1 N–H and O–H groups in total. The third-order valence-electron chi connectivity index (χ3n) is 2.61. The highest BCUT2D eigenvalue weighted by molar-refractivity contribution is 7.90. The molecule has 0 amide bonds. The molecule has 0 fully saturated rings. The first-order chi connectivity index (χ1) is 8.92. The molecule has 19 heavy (non-hydrogen) atoms. The van der Waals surface area contributed by atoms with Gasteiger partial charge in [0.05, 0.1) is 5.75 Å². The average Bonchev–Trinajstić information content (AvgIpc) is 2.35. The van der Waals surface area contributed by atoms with E-state index >= 15 is 0 Å². The molecule has 0 radical (unpaired) electrons. The first-order valence-corrected chi connectivity index (χ1v) is 7.99. The van der Waals surface area contributed by atoms with Gasteiger partial charge in [-0.1, -0.05) is 12.1 Å². The van der Waals surface area contributed by atoms with Crippen molar-refractivity contribution in [3.63, 3.8) is 0 Å². The maximum atomic E-state index is 11.0. The Morgan fingerprint density at radius 3 is 2.53 bits per heavy atom. The Morgan fingerprint density at radius 2 is 2.00 bits per heavy atom. The Labute approximate surface area is 114 Å². The van der Waals surface area contributed by atoms with Gasteiger partial charge in [0.15, 0.2) is 6.61 Å². The van der Waals surface area contributed by atoms with Crippen LogP contribution in [0.3, 0.4) is 0 Å². The van der Waals surface area contributed by atoms with Gasteiger partial charge < -0.3 is 10.1 Å². The summed E-state index contributed by atoms with van der Waals surface area (Å²) in [5.41, 5.74) is 1.04. The van der Waals surface area contributed by atoms with Gasteiger partial charge in [-0.25, -0.2) is 8.42 Å². The quantitative estimate of drug-likeness (QED) is 0.815. The summed E-state index contributed by atoms with van der Waals surface area (Å²) in [6.45, 7) is 2.42. The van der Waals surface area contributed by atoms with E-state index in [2.05, 4.69) is 5.32 Å². The van der Waals surface area contributed by atoms with Crippen LogP contribution >= 0.6 is 0 Å². The van der Waals surface area contributed by atoms with Gasteiger partial charge in [-0.15, -0.1) is 0 Å². The van der Waals surface area contributed by atoms with Crippen molar-refractivity contribution in [2.45, 2.75) is 13.0 Å². The standard InChI is InChI=1S/C13H18N2O3S/c1-11(15-8-10-19(2,16)17)12-3-5-13(6-4-12)18-9-7-14/h3-6,11,15H,8-10H2,1-2H3. The second-order valence-electron chi connectivity index (χ2n) is 4.32. The van der Waals surface area contributed by atoms with Crippen LogP contribution in [0.25, 0.3) is 0 Å². The lowest BCUT2D eigenvalue weighted by Crippen LogP contribution is -2.25. The maximum absolute atomic E-state index is 11.0. The number of benzene rings is 1. The first kappa shape index (κ1) is 15.5. The zero-order chi connectivity index (χ0) is 14.3. The maximum Gasteiger partial charge on any atom is 0.174 e. The second kappa shape index (κ2) is 7.12. The minimum Gasteiger partial charge on any atom is -0.479 e. The molecule has 1 aromatic rings. The van der Waals surface area contributed by atoms with Crippen molar-refractivity contribution in [3.8, 4) is 11.8 Å². The van der Waals surface area contributed by atoms with Crippen LogP contribution in [0.2, 0.25) is 0 Å². The molecule has 0 spiro atoms. The van der Waals surface area contributed by atoms with Crippen LogP contribution in [-0.2, 0) is 9.84 Å². The summed E-state index contributed by atoms with van der Waals surface area (Å²) < 4.78 is 27.2. The summed E-state index contributed by atoms with van der Waals surface area (Å²) in [6.07, 6.45) is 1.22. The van der Waals surface area contributed by atoms with Crippen LogP contribution in [0.15, 0.2) is 24.3 Å². The van der Waals surface area contributed by atoms with Crippen molar-refractivity contribution >= 4 is 9.84 Å². The van der Waals surface area contributed by atoms with Gasteiger partial charge >= 0.3 is 0 Å².